The first kappa shape index (κ1) is 19.7. The number of hydrogen-bond acceptors (Lipinski definition) is 6. The van der Waals surface area contributed by atoms with Crippen molar-refractivity contribution in [3.05, 3.63) is 81.7 Å². The minimum absolute atomic E-state index is 0.000692. The molecule has 2 aromatic carbocycles. The molecule has 0 spiro atoms. The average molecular weight is 452 g/mol. The monoisotopic (exact) mass is 451 g/mol. The first-order valence-electron chi connectivity index (χ1n) is 9.59. The van der Waals surface area contributed by atoms with Crippen molar-refractivity contribution in [3.8, 4) is 11.1 Å². The Morgan fingerprint density at radius 1 is 0.968 bits per heavy atom. The molecule has 0 fully saturated rings. The Morgan fingerprint density at radius 2 is 1.68 bits per heavy atom. The van der Waals surface area contributed by atoms with Gasteiger partial charge in [0.25, 0.3) is 21.5 Å². The zero-order valence-electron chi connectivity index (χ0n) is 16.5. The number of hydrogen-bond donors (Lipinski definition) is 0. The molecule has 1 amide bonds. The molecule has 0 aliphatic carbocycles. The summed E-state index contributed by atoms with van der Waals surface area (Å²) in [6.45, 7) is 1.82. The quantitative estimate of drug-likeness (QED) is 0.475. The molecule has 0 unspecified atom stereocenters. The van der Waals surface area contributed by atoms with E-state index in [0.29, 0.717) is 10.2 Å². The minimum atomic E-state index is -3.92. The molecule has 0 radical (unpaired) electrons. The maximum Gasteiger partial charge on any atom is 0.269 e. The Morgan fingerprint density at radius 3 is 2.42 bits per heavy atom. The SMILES string of the molecule is Cc1sc2ncn(CCN3C(=O)c4ccccc4S3(=O)=O)c(=O)c2c1-c1ccccc1. The summed E-state index contributed by atoms with van der Waals surface area (Å²) in [5.41, 5.74) is 1.67. The second kappa shape index (κ2) is 7.14. The van der Waals surface area contributed by atoms with Crippen LogP contribution < -0.4 is 5.56 Å². The van der Waals surface area contributed by atoms with Crippen LogP contribution in [0.1, 0.15) is 15.2 Å². The highest BCUT2D eigenvalue weighted by molar-refractivity contribution is 7.90. The van der Waals surface area contributed by atoms with E-state index in [1.807, 2.05) is 37.3 Å². The second-order valence-corrected chi connectivity index (χ2v) is 10.2. The highest BCUT2D eigenvalue weighted by Crippen LogP contribution is 2.35. The molecule has 2 aromatic heterocycles. The first-order valence-corrected chi connectivity index (χ1v) is 11.9. The van der Waals surface area contributed by atoms with Crippen molar-refractivity contribution in [1.82, 2.24) is 13.9 Å². The maximum atomic E-state index is 13.3. The summed E-state index contributed by atoms with van der Waals surface area (Å²) < 4.78 is 27.7. The predicted octanol–water partition coefficient (Wildman–Crippen LogP) is 3.28. The number of sulfonamides is 1. The zero-order chi connectivity index (χ0) is 21.8. The number of carbonyl (C=O) groups excluding carboxylic acids is 1. The van der Waals surface area contributed by atoms with Crippen molar-refractivity contribution < 1.29 is 13.2 Å². The van der Waals surface area contributed by atoms with E-state index >= 15 is 0 Å². The molecular formula is C22H17N3O4S2. The lowest BCUT2D eigenvalue weighted by Crippen LogP contribution is -2.35. The molecule has 4 aromatic rings. The van der Waals surface area contributed by atoms with Crippen molar-refractivity contribution in [2.45, 2.75) is 18.4 Å². The van der Waals surface area contributed by atoms with Crippen LogP contribution in [0.3, 0.4) is 0 Å². The van der Waals surface area contributed by atoms with Crippen LogP contribution in [-0.4, -0.2) is 34.7 Å². The highest BCUT2D eigenvalue weighted by Gasteiger charge is 2.40. The average Bonchev–Trinajstić information content (AvgIpc) is 3.21. The standard InChI is InChI=1S/C22H17N3O4S2/c1-14-18(15-7-3-2-4-8-15)19-20(30-14)23-13-24(22(19)27)11-12-25-21(26)16-9-5-6-10-17(16)31(25,28)29/h2-10,13H,11-12H2,1H3. The Balaban J connectivity index is 1.52. The van der Waals surface area contributed by atoms with Gasteiger partial charge in [-0.15, -0.1) is 11.3 Å². The molecule has 7 nitrogen and oxygen atoms in total. The number of fused-ring (bicyclic) bond motifs is 2. The van der Waals surface area contributed by atoms with E-state index in [4.69, 9.17) is 0 Å². The van der Waals surface area contributed by atoms with Gasteiger partial charge in [-0.05, 0) is 24.6 Å². The molecule has 0 saturated carbocycles. The summed E-state index contributed by atoms with van der Waals surface area (Å²) in [6.07, 6.45) is 1.41. The third kappa shape index (κ3) is 3.00. The molecule has 1 aliphatic heterocycles. The summed E-state index contributed by atoms with van der Waals surface area (Å²) in [4.78, 5) is 31.9. The number of aryl methyl sites for hydroxylation is 1. The van der Waals surface area contributed by atoms with Crippen LogP contribution in [0.25, 0.3) is 21.3 Å². The molecule has 31 heavy (non-hydrogen) atoms. The Bertz CT molecular complexity index is 1510. The molecule has 0 saturated heterocycles. The fourth-order valence-electron chi connectivity index (χ4n) is 3.90. The molecule has 3 heterocycles. The summed E-state index contributed by atoms with van der Waals surface area (Å²) in [5.74, 6) is -0.575. The third-order valence-electron chi connectivity index (χ3n) is 5.37. The van der Waals surface area contributed by atoms with E-state index in [1.165, 1.54) is 34.4 Å². The molecule has 5 rings (SSSR count). The lowest BCUT2D eigenvalue weighted by molar-refractivity contribution is 0.0868. The fraction of sp³-hybridized carbons (Fsp3) is 0.136. The minimum Gasteiger partial charge on any atom is -0.297 e. The normalized spacial score (nSPS) is 14.9. The number of benzene rings is 2. The van der Waals surface area contributed by atoms with Crippen molar-refractivity contribution in [2.24, 2.45) is 0 Å². The van der Waals surface area contributed by atoms with Gasteiger partial charge in [-0.2, -0.15) is 0 Å². The Labute approximate surface area is 182 Å². The van der Waals surface area contributed by atoms with Crippen molar-refractivity contribution in [3.63, 3.8) is 0 Å². The highest BCUT2D eigenvalue weighted by atomic mass is 32.2. The van der Waals surface area contributed by atoms with Gasteiger partial charge in [0.05, 0.1) is 23.8 Å². The maximum absolute atomic E-state index is 13.3. The van der Waals surface area contributed by atoms with E-state index < -0.39 is 15.9 Å². The summed E-state index contributed by atoms with van der Waals surface area (Å²) in [7, 11) is -3.92. The van der Waals surface area contributed by atoms with Crippen molar-refractivity contribution >= 4 is 37.5 Å². The van der Waals surface area contributed by atoms with E-state index in [9.17, 15) is 18.0 Å². The number of amides is 1. The van der Waals surface area contributed by atoms with Gasteiger partial charge in [-0.25, -0.2) is 17.7 Å². The number of carbonyl (C=O) groups is 1. The number of thiophene rings is 1. The molecule has 9 heteroatoms. The van der Waals surface area contributed by atoms with Gasteiger partial charge in [-0.1, -0.05) is 42.5 Å². The van der Waals surface area contributed by atoms with E-state index in [-0.39, 0.29) is 29.1 Å². The number of aromatic nitrogens is 2. The number of rotatable bonds is 4. The molecular weight excluding hydrogens is 434 g/mol. The van der Waals surface area contributed by atoms with Crippen LogP contribution in [0.15, 0.2) is 70.6 Å². The van der Waals surface area contributed by atoms with Crippen LogP contribution in [0.4, 0.5) is 0 Å². The van der Waals surface area contributed by atoms with Gasteiger partial charge >= 0.3 is 0 Å². The number of nitrogens with zero attached hydrogens (tertiary/aromatic N) is 3. The Kier molecular flexibility index (Phi) is 4.53. The van der Waals surface area contributed by atoms with Gasteiger partial charge in [0.15, 0.2) is 0 Å². The second-order valence-electron chi connectivity index (χ2n) is 7.20. The summed E-state index contributed by atoms with van der Waals surface area (Å²) in [6, 6.07) is 15.7. The van der Waals surface area contributed by atoms with Gasteiger partial charge < -0.3 is 0 Å². The molecule has 1 aliphatic rings. The predicted molar refractivity (Wildman–Crippen MR) is 119 cm³/mol. The smallest absolute Gasteiger partial charge is 0.269 e. The van der Waals surface area contributed by atoms with Crippen LogP contribution in [0.5, 0.6) is 0 Å². The van der Waals surface area contributed by atoms with Crippen molar-refractivity contribution in [1.29, 1.82) is 0 Å². The molecule has 0 atom stereocenters. The van der Waals surface area contributed by atoms with Crippen LogP contribution >= 0.6 is 11.3 Å². The van der Waals surface area contributed by atoms with Crippen LogP contribution in [0, 0.1) is 6.92 Å². The van der Waals surface area contributed by atoms with Crippen LogP contribution in [0.2, 0.25) is 0 Å². The Hall–Kier alpha value is -3.30. The van der Waals surface area contributed by atoms with Gasteiger partial charge in [0, 0.05) is 17.0 Å². The van der Waals surface area contributed by atoms with E-state index in [2.05, 4.69) is 4.98 Å². The summed E-state index contributed by atoms with van der Waals surface area (Å²) >= 11 is 1.45. The fourth-order valence-corrected chi connectivity index (χ4v) is 6.46. The van der Waals surface area contributed by atoms with Gasteiger partial charge in [0.2, 0.25) is 0 Å². The van der Waals surface area contributed by atoms with Crippen molar-refractivity contribution in [2.75, 3.05) is 6.54 Å². The topological polar surface area (TPSA) is 89.3 Å². The lowest BCUT2D eigenvalue weighted by Gasteiger charge is -2.15. The van der Waals surface area contributed by atoms with Crippen LogP contribution in [-0.2, 0) is 16.6 Å². The lowest BCUT2D eigenvalue weighted by atomic mass is 10.0. The van der Waals surface area contributed by atoms with Gasteiger partial charge in [0.1, 0.15) is 9.73 Å². The van der Waals surface area contributed by atoms with E-state index in [0.717, 1.165) is 20.3 Å². The third-order valence-corrected chi connectivity index (χ3v) is 8.23. The summed E-state index contributed by atoms with van der Waals surface area (Å²) in [5, 5.41) is 0.509. The molecule has 0 N–H and O–H groups in total. The zero-order valence-corrected chi connectivity index (χ0v) is 18.1. The van der Waals surface area contributed by atoms with Gasteiger partial charge in [-0.3, -0.25) is 14.2 Å². The molecule has 0 bridgehead atoms. The molecule has 156 valence electrons. The van der Waals surface area contributed by atoms with E-state index in [1.54, 1.807) is 12.1 Å². The largest absolute Gasteiger partial charge is 0.297 e. The first-order chi connectivity index (χ1) is 14.9.